The molecule has 22 heavy (non-hydrogen) atoms. The van der Waals surface area contributed by atoms with Crippen LogP contribution in [0, 0.1) is 5.92 Å². The largest absolute Gasteiger partial charge is 0.381 e. The Balaban J connectivity index is 1.30. The molecule has 3 rings (SSSR count). The van der Waals surface area contributed by atoms with Crippen molar-refractivity contribution in [1.82, 2.24) is 15.5 Å². The van der Waals surface area contributed by atoms with E-state index >= 15 is 0 Å². The Labute approximate surface area is 134 Å². The average Bonchev–Trinajstić information content (AvgIpc) is 3.09. The summed E-state index contributed by atoms with van der Waals surface area (Å²) in [4.78, 5) is 14.6. The van der Waals surface area contributed by atoms with Gasteiger partial charge in [0.05, 0.1) is 0 Å². The van der Waals surface area contributed by atoms with Gasteiger partial charge in [-0.05, 0) is 57.5 Å². The van der Waals surface area contributed by atoms with Crippen LogP contribution in [0.2, 0.25) is 0 Å². The fraction of sp³-hybridized carbons (Fsp3) is 0.941. The predicted molar refractivity (Wildman–Crippen MR) is 86.9 cm³/mol. The van der Waals surface area contributed by atoms with E-state index in [4.69, 9.17) is 4.74 Å². The van der Waals surface area contributed by atoms with Gasteiger partial charge >= 0.3 is 6.03 Å². The Morgan fingerprint density at radius 2 is 1.68 bits per heavy atom. The zero-order valence-corrected chi connectivity index (χ0v) is 13.7. The topological polar surface area (TPSA) is 53.6 Å². The van der Waals surface area contributed by atoms with Gasteiger partial charge in [-0.1, -0.05) is 12.8 Å². The lowest BCUT2D eigenvalue weighted by Gasteiger charge is -2.36. The number of carbonyl (C=O) groups excluding carboxylic acids is 1. The second kappa shape index (κ2) is 8.16. The monoisotopic (exact) mass is 309 g/mol. The van der Waals surface area contributed by atoms with Gasteiger partial charge in [0, 0.05) is 31.8 Å². The Bertz CT molecular complexity index is 344. The van der Waals surface area contributed by atoms with E-state index in [1.807, 2.05) is 0 Å². The van der Waals surface area contributed by atoms with Crippen molar-refractivity contribution in [2.45, 2.75) is 63.5 Å². The maximum Gasteiger partial charge on any atom is 0.315 e. The molecule has 1 saturated carbocycles. The number of likely N-dealkylation sites (tertiary alicyclic amines) is 1. The lowest BCUT2D eigenvalue weighted by atomic mass is 9.95. The highest BCUT2D eigenvalue weighted by Crippen LogP contribution is 2.27. The summed E-state index contributed by atoms with van der Waals surface area (Å²) >= 11 is 0. The van der Waals surface area contributed by atoms with Gasteiger partial charge in [0.25, 0.3) is 0 Å². The molecule has 2 heterocycles. The molecule has 0 atom stereocenters. The molecule has 2 aliphatic heterocycles. The molecular weight excluding hydrogens is 278 g/mol. The first-order chi connectivity index (χ1) is 10.8. The number of urea groups is 1. The fourth-order valence-corrected chi connectivity index (χ4v) is 4.11. The van der Waals surface area contributed by atoms with Crippen LogP contribution in [0.3, 0.4) is 0 Å². The molecule has 0 bridgehead atoms. The Morgan fingerprint density at radius 1 is 1.00 bits per heavy atom. The molecule has 2 N–H and O–H groups in total. The quantitative estimate of drug-likeness (QED) is 0.836. The number of piperidine rings is 1. The van der Waals surface area contributed by atoms with E-state index in [1.54, 1.807) is 0 Å². The number of carbonyl (C=O) groups is 1. The summed E-state index contributed by atoms with van der Waals surface area (Å²) in [5, 5.41) is 6.15. The Kier molecular flexibility index (Phi) is 5.96. The number of ether oxygens (including phenoxy) is 1. The third-order valence-corrected chi connectivity index (χ3v) is 5.60. The third-order valence-electron chi connectivity index (χ3n) is 5.60. The zero-order chi connectivity index (χ0) is 15.2. The van der Waals surface area contributed by atoms with Crippen LogP contribution < -0.4 is 10.6 Å². The summed E-state index contributed by atoms with van der Waals surface area (Å²) in [5.41, 5.74) is 0. The molecule has 3 fully saturated rings. The summed E-state index contributed by atoms with van der Waals surface area (Å²) in [7, 11) is 0. The van der Waals surface area contributed by atoms with E-state index in [0.29, 0.717) is 5.92 Å². The van der Waals surface area contributed by atoms with Gasteiger partial charge in [0.2, 0.25) is 0 Å². The molecule has 0 spiro atoms. The summed E-state index contributed by atoms with van der Waals surface area (Å²) in [5.74, 6) is 0.651. The fourth-order valence-electron chi connectivity index (χ4n) is 4.11. The highest BCUT2D eigenvalue weighted by Gasteiger charge is 2.27. The molecule has 0 aromatic heterocycles. The van der Waals surface area contributed by atoms with Gasteiger partial charge in [-0.15, -0.1) is 0 Å². The number of amides is 2. The maximum atomic E-state index is 12.0. The number of rotatable bonds is 4. The molecule has 2 saturated heterocycles. The Morgan fingerprint density at radius 3 is 2.36 bits per heavy atom. The Hall–Kier alpha value is -0.810. The molecule has 3 aliphatic rings. The van der Waals surface area contributed by atoms with Crippen LogP contribution in [-0.4, -0.2) is 55.9 Å². The lowest BCUT2D eigenvalue weighted by molar-refractivity contribution is 0.0799. The van der Waals surface area contributed by atoms with E-state index < -0.39 is 0 Å². The first-order valence-corrected chi connectivity index (χ1v) is 9.17. The predicted octanol–water partition coefficient (Wildman–Crippen LogP) is 2.12. The SMILES string of the molecule is O=C(NCC1CCN(C2CCCC2)CC1)NC1CCOCC1. The second-order valence-corrected chi connectivity index (χ2v) is 7.16. The van der Waals surface area contributed by atoms with Gasteiger partial charge in [-0.2, -0.15) is 0 Å². The smallest absolute Gasteiger partial charge is 0.315 e. The van der Waals surface area contributed by atoms with Crippen molar-refractivity contribution in [3.05, 3.63) is 0 Å². The molecule has 0 unspecified atom stereocenters. The van der Waals surface area contributed by atoms with Crippen molar-refractivity contribution < 1.29 is 9.53 Å². The first-order valence-electron chi connectivity index (χ1n) is 9.17. The van der Waals surface area contributed by atoms with E-state index in [-0.39, 0.29) is 12.1 Å². The zero-order valence-electron chi connectivity index (χ0n) is 13.7. The molecule has 0 radical (unpaired) electrons. The van der Waals surface area contributed by atoms with Crippen molar-refractivity contribution in [2.24, 2.45) is 5.92 Å². The molecule has 1 aliphatic carbocycles. The van der Waals surface area contributed by atoms with E-state index in [1.165, 1.54) is 51.6 Å². The van der Waals surface area contributed by atoms with Crippen LogP contribution in [0.25, 0.3) is 0 Å². The van der Waals surface area contributed by atoms with Crippen molar-refractivity contribution in [3.63, 3.8) is 0 Å². The molecule has 126 valence electrons. The van der Waals surface area contributed by atoms with E-state index in [2.05, 4.69) is 15.5 Å². The highest BCUT2D eigenvalue weighted by atomic mass is 16.5. The van der Waals surface area contributed by atoms with Gasteiger partial charge < -0.3 is 20.3 Å². The minimum atomic E-state index is 0.00474. The molecular formula is C17H31N3O2. The molecule has 0 aromatic rings. The van der Waals surface area contributed by atoms with Crippen LogP contribution in [0.1, 0.15) is 51.4 Å². The first kappa shape index (κ1) is 16.1. The lowest BCUT2D eigenvalue weighted by Crippen LogP contribution is -2.47. The third kappa shape index (κ3) is 4.59. The van der Waals surface area contributed by atoms with Gasteiger partial charge in [-0.3, -0.25) is 0 Å². The highest BCUT2D eigenvalue weighted by molar-refractivity contribution is 5.74. The molecule has 5 heteroatoms. The van der Waals surface area contributed by atoms with Crippen LogP contribution in [0.5, 0.6) is 0 Å². The van der Waals surface area contributed by atoms with Crippen molar-refractivity contribution in [2.75, 3.05) is 32.8 Å². The molecule has 5 nitrogen and oxygen atoms in total. The van der Waals surface area contributed by atoms with Crippen molar-refractivity contribution in [1.29, 1.82) is 0 Å². The number of hydrogen-bond donors (Lipinski definition) is 2. The number of hydrogen-bond acceptors (Lipinski definition) is 3. The minimum Gasteiger partial charge on any atom is -0.381 e. The van der Waals surface area contributed by atoms with Crippen molar-refractivity contribution in [3.8, 4) is 0 Å². The average molecular weight is 309 g/mol. The maximum absolute atomic E-state index is 12.0. The van der Waals surface area contributed by atoms with Crippen LogP contribution >= 0.6 is 0 Å². The number of nitrogens with zero attached hydrogens (tertiary/aromatic N) is 1. The van der Waals surface area contributed by atoms with Crippen molar-refractivity contribution >= 4 is 6.03 Å². The van der Waals surface area contributed by atoms with Gasteiger partial charge in [-0.25, -0.2) is 4.79 Å². The summed E-state index contributed by atoms with van der Waals surface area (Å²) in [6, 6.07) is 1.15. The van der Waals surface area contributed by atoms with E-state index in [0.717, 1.165) is 38.6 Å². The summed E-state index contributed by atoms with van der Waals surface area (Å²) < 4.78 is 5.31. The number of nitrogens with one attached hydrogen (secondary N) is 2. The van der Waals surface area contributed by atoms with Crippen LogP contribution in [0.4, 0.5) is 4.79 Å². The summed E-state index contributed by atoms with van der Waals surface area (Å²) in [6.07, 6.45) is 9.96. The van der Waals surface area contributed by atoms with Crippen LogP contribution in [0.15, 0.2) is 0 Å². The second-order valence-electron chi connectivity index (χ2n) is 7.16. The minimum absolute atomic E-state index is 0.00474. The van der Waals surface area contributed by atoms with E-state index in [9.17, 15) is 4.79 Å². The van der Waals surface area contributed by atoms with Gasteiger partial charge in [0.15, 0.2) is 0 Å². The normalized spacial score (nSPS) is 26.2. The summed E-state index contributed by atoms with van der Waals surface area (Å²) in [6.45, 7) is 4.81. The molecule has 2 amide bonds. The standard InChI is InChI=1S/C17H31N3O2/c21-17(19-15-7-11-22-12-8-15)18-13-14-5-9-20(10-6-14)16-3-1-2-4-16/h14-16H,1-13H2,(H2,18,19,21). The molecule has 0 aromatic carbocycles. The van der Waals surface area contributed by atoms with Gasteiger partial charge in [0.1, 0.15) is 0 Å². The van der Waals surface area contributed by atoms with Crippen LogP contribution in [-0.2, 0) is 4.74 Å².